The topological polar surface area (TPSA) is 65.1 Å². The van der Waals surface area contributed by atoms with Crippen molar-refractivity contribution in [2.75, 3.05) is 6.54 Å². The van der Waals surface area contributed by atoms with Crippen molar-refractivity contribution in [2.45, 2.75) is 45.6 Å². The summed E-state index contributed by atoms with van der Waals surface area (Å²) in [7, 11) is 0. The number of hydrogen-bond acceptors (Lipinski definition) is 2. The van der Waals surface area contributed by atoms with E-state index in [-0.39, 0.29) is 5.91 Å². The number of nitrogens with one attached hydrogen (secondary N) is 2. The average molecular weight is 250 g/mol. The monoisotopic (exact) mass is 250 g/mol. The number of aryl methyl sites for hydroxylation is 2. The van der Waals surface area contributed by atoms with Crippen LogP contribution in [-0.4, -0.2) is 28.6 Å². The summed E-state index contributed by atoms with van der Waals surface area (Å²) in [5.74, 6) is 0.231. The highest BCUT2D eigenvalue weighted by molar-refractivity contribution is 5.94. The SMILES string of the molecule is Cc1cc(C)c(C(=O)NCC(O)C2CCCC2)[nH]1. The van der Waals surface area contributed by atoms with Crippen LogP contribution in [0.25, 0.3) is 0 Å². The summed E-state index contributed by atoms with van der Waals surface area (Å²) in [6, 6.07) is 1.95. The van der Waals surface area contributed by atoms with Gasteiger partial charge in [-0.25, -0.2) is 0 Å². The van der Waals surface area contributed by atoms with Crippen molar-refractivity contribution in [3.05, 3.63) is 23.0 Å². The minimum absolute atomic E-state index is 0.127. The summed E-state index contributed by atoms with van der Waals surface area (Å²) in [4.78, 5) is 15.0. The number of carbonyl (C=O) groups excluding carboxylic acids is 1. The van der Waals surface area contributed by atoms with Gasteiger partial charge >= 0.3 is 0 Å². The molecule has 2 rings (SSSR count). The summed E-state index contributed by atoms with van der Waals surface area (Å²) < 4.78 is 0. The number of aliphatic hydroxyl groups excluding tert-OH is 1. The van der Waals surface area contributed by atoms with E-state index in [0.29, 0.717) is 18.2 Å². The van der Waals surface area contributed by atoms with E-state index in [2.05, 4.69) is 10.3 Å². The standard InChI is InChI=1S/C14H22N2O2/c1-9-7-10(2)16-13(9)14(18)15-8-12(17)11-5-3-4-6-11/h7,11-12,16-17H,3-6,8H2,1-2H3,(H,15,18). The van der Waals surface area contributed by atoms with Crippen molar-refractivity contribution in [1.82, 2.24) is 10.3 Å². The Bertz CT molecular complexity index is 419. The first-order valence-electron chi connectivity index (χ1n) is 6.70. The molecule has 4 nitrogen and oxygen atoms in total. The van der Waals surface area contributed by atoms with Crippen LogP contribution in [0.5, 0.6) is 0 Å². The number of aromatic amines is 1. The summed E-state index contributed by atoms with van der Waals surface area (Å²) in [5.41, 5.74) is 2.53. The smallest absolute Gasteiger partial charge is 0.268 e. The highest BCUT2D eigenvalue weighted by Gasteiger charge is 2.23. The van der Waals surface area contributed by atoms with Gasteiger partial charge in [0.05, 0.1) is 6.10 Å². The molecule has 1 atom stereocenters. The number of amides is 1. The molecule has 0 aliphatic heterocycles. The first kappa shape index (κ1) is 13.1. The third-order valence-electron chi connectivity index (χ3n) is 3.79. The molecule has 18 heavy (non-hydrogen) atoms. The van der Waals surface area contributed by atoms with Crippen molar-refractivity contribution in [1.29, 1.82) is 0 Å². The summed E-state index contributed by atoms with van der Waals surface area (Å²) in [6.07, 6.45) is 4.15. The molecule has 1 aromatic rings. The van der Waals surface area contributed by atoms with Gasteiger partial charge in [0.15, 0.2) is 0 Å². The van der Waals surface area contributed by atoms with Gasteiger partial charge in [-0.3, -0.25) is 4.79 Å². The van der Waals surface area contributed by atoms with Gasteiger partial charge in [-0.2, -0.15) is 0 Å². The van der Waals surface area contributed by atoms with Crippen LogP contribution in [0.2, 0.25) is 0 Å². The number of rotatable bonds is 4. The molecule has 1 heterocycles. The molecule has 0 spiro atoms. The van der Waals surface area contributed by atoms with Crippen LogP contribution in [0, 0.1) is 19.8 Å². The maximum absolute atomic E-state index is 11.9. The first-order valence-corrected chi connectivity index (χ1v) is 6.70. The van der Waals surface area contributed by atoms with Crippen LogP contribution in [0.15, 0.2) is 6.07 Å². The van der Waals surface area contributed by atoms with Crippen molar-refractivity contribution >= 4 is 5.91 Å². The quantitative estimate of drug-likeness (QED) is 0.764. The Labute approximate surface area is 108 Å². The molecule has 1 unspecified atom stereocenters. The predicted molar refractivity (Wildman–Crippen MR) is 70.6 cm³/mol. The fraction of sp³-hybridized carbons (Fsp3) is 0.643. The van der Waals surface area contributed by atoms with Crippen LogP contribution in [0.3, 0.4) is 0 Å². The van der Waals surface area contributed by atoms with Gasteiger partial charge in [0.2, 0.25) is 0 Å². The minimum Gasteiger partial charge on any atom is -0.391 e. The fourth-order valence-electron chi connectivity index (χ4n) is 2.76. The van der Waals surface area contributed by atoms with Crippen LogP contribution in [0.1, 0.15) is 47.4 Å². The largest absolute Gasteiger partial charge is 0.391 e. The maximum Gasteiger partial charge on any atom is 0.268 e. The molecule has 1 aliphatic carbocycles. The van der Waals surface area contributed by atoms with Gasteiger partial charge in [0.25, 0.3) is 5.91 Å². The lowest BCUT2D eigenvalue weighted by Crippen LogP contribution is -2.36. The Balaban J connectivity index is 1.86. The van der Waals surface area contributed by atoms with E-state index < -0.39 is 6.10 Å². The van der Waals surface area contributed by atoms with Crippen molar-refractivity contribution in [3.8, 4) is 0 Å². The zero-order valence-corrected chi connectivity index (χ0v) is 11.1. The molecule has 0 radical (unpaired) electrons. The second-order valence-electron chi connectivity index (χ2n) is 5.33. The average Bonchev–Trinajstić information content (AvgIpc) is 2.95. The van der Waals surface area contributed by atoms with Crippen LogP contribution >= 0.6 is 0 Å². The molecule has 1 amide bonds. The van der Waals surface area contributed by atoms with Crippen LogP contribution in [-0.2, 0) is 0 Å². The van der Waals surface area contributed by atoms with Crippen LogP contribution in [0.4, 0.5) is 0 Å². The third-order valence-corrected chi connectivity index (χ3v) is 3.79. The highest BCUT2D eigenvalue weighted by atomic mass is 16.3. The minimum atomic E-state index is -0.409. The van der Waals surface area contributed by atoms with Crippen molar-refractivity contribution in [3.63, 3.8) is 0 Å². The van der Waals surface area contributed by atoms with E-state index in [4.69, 9.17) is 0 Å². The molecule has 0 bridgehead atoms. The predicted octanol–water partition coefficient (Wildman–Crippen LogP) is 1.91. The van der Waals surface area contributed by atoms with E-state index in [1.807, 2.05) is 19.9 Å². The lowest BCUT2D eigenvalue weighted by atomic mass is 10.0. The lowest BCUT2D eigenvalue weighted by molar-refractivity contribution is 0.0836. The van der Waals surface area contributed by atoms with Gasteiger partial charge in [-0.1, -0.05) is 12.8 Å². The number of H-pyrrole nitrogens is 1. The zero-order chi connectivity index (χ0) is 13.1. The summed E-state index contributed by atoms with van der Waals surface area (Å²) in [5, 5.41) is 12.8. The molecule has 1 aliphatic rings. The lowest BCUT2D eigenvalue weighted by Gasteiger charge is -2.17. The maximum atomic E-state index is 11.9. The second-order valence-corrected chi connectivity index (χ2v) is 5.33. The molecule has 1 fully saturated rings. The molecular weight excluding hydrogens is 228 g/mol. The Morgan fingerprint density at radius 2 is 2.17 bits per heavy atom. The number of aromatic nitrogens is 1. The van der Waals surface area contributed by atoms with Gasteiger partial charge in [-0.05, 0) is 44.2 Å². The van der Waals surface area contributed by atoms with Gasteiger partial charge in [-0.15, -0.1) is 0 Å². The molecule has 1 aromatic heterocycles. The van der Waals surface area contributed by atoms with E-state index >= 15 is 0 Å². The molecule has 0 aromatic carbocycles. The number of aliphatic hydroxyl groups is 1. The summed E-state index contributed by atoms with van der Waals surface area (Å²) in [6.45, 7) is 4.18. The second kappa shape index (κ2) is 5.57. The fourth-order valence-corrected chi connectivity index (χ4v) is 2.76. The molecule has 100 valence electrons. The van der Waals surface area contributed by atoms with Gasteiger partial charge in [0.1, 0.15) is 5.69 Å². The van der Waals surface area contributed by atoms with Crippen molar-refractivity contribution in [2.24, 2.45) is 5.92 Å². The molecule has 1 saturated carbocycles. The normalized spacial score (nSPS) is 17.9. The summed E-state index contributed by atoms with van der Waals surface area (Å²) >= 11 is 0. The van der Waals surface area contributed by atoms with E-state index in [1.54, 1.807) is 0 Å². The molecular formula is C14H22N2O2. The van der Waals surface area contributed by atoms with Gasteiger partial charge < -0.3 is 15.4 Å². The van der Waals surface area contributed by atoms with Gasteiger partial charge in [0, 0.05) is 12.2 Å². The Morgan fingerprint density at radius 3 is 2.72 bits per heavy atom. The number of carbonyl (C=O) groups is 1. The Hall–Kier alpha value is -1.29. The Kier molecular flexibility index (Phi) is 4.07. The highest BCUT2D eigenvalue weighted by Crippen LogP contribution is 2.27. The van der Waals surface area contributed by atoms with E-state index in [1.165, 1.54) is 12.8 Å². The zero-order valence-electron chi connectivity index (χ0n) is 11.1. The first-order chi connectivity index (χ1) is 8.58. The molecule has 3 N–H and O–H groups in total. The van der Waals surface area contributed by atoms with E-state index in [9.17, 15) is 9.90 Å². The molecule has 0 saturated heterocycles. The van der Waals surface area contributed by atoms with E-state index in [0.717, 1.165) is 24.1 Å². The number of hydrogen-bond donors (Lipinski definition) is 3. The Morgan fingerprint density at radius 1 is 1.50 bits per heavy atom. The van der Waals surface area contributed by atoms with Crippen LogP contribution < -0.4 is 5.32 Å². The third kappa shape index (κ3) is 2.93. The van der Waals surface area contributed by atoms with Crippen molar-refractivity contribution < 1.29 is 9.90 Å². The molecule has 4 heteroatoms.